The van der Waals surface area contributed by atoms with E-state index in [-0.39, 0.29) is 29.5 Å². The molecule has 2 saturated heterocycles. The summed E-state index contributed by atoms with van der Waals surface area (Å²) in [5.41, 5.74) is 0.0866. The number of para-hydroxylation sites is 1. The largest absolute Gasteiger partial charge is 0.482 e. The lowest BCUT2D eigenvalue weighted by Crippen LogP contribution is -2.52. The molecule has 7 heteroatoms. The van der Waals surface area contributed by atoms with E-state index in [0.717, 1.165) is 38.9 Å². The van der Waals surface area contributed by atoms with Gasteiger partial charge in [0.25, 0.3) is 5.91 Å². The fraction of sp³-hybridized carbons (Fsp3) is 0.444. The number of hydrogen-bond acceptors (Lipinski definition) is 5. The number of piperidine rings is 1. The van der Waals surface area contributed by atoms with Gasteiger partial charge in [-0.05, 0) is 37.9 Å². The average molecular weight is 345 g/mol. The van der Waals surface area contributed by atoms with E-state index >= 15 is 0 Å². The summed E-state index contributed by atoms with van der Waals surface area (Å²) in [6, 6.07) is 7.68. The van der Waals surface area contributed by atoms with Crippen LogP contribution in [-0.4, -0.2) is 41.1 Å². The van der Waals surface area contributed by atoms with Gasteiger partial charge in [-0.25, -0.2) is 4.39 Å². The van der Waals surface area contributed by atoms with Crippen molar-refractivity contribution in [2.75, 3.05) is 19.6 Å². The van der Waals surface area contributed by atoms with Gasteiger partial charge >= 0.3 is 0 Å². The van der Waals surface area contributed by atoms with Crippen LogP contribution < -0.4 is 10.1 Å². The Morgan fingerprint density at radius 2 is 2.24 bits per heavy atom. The Labute approximate surface area is 144 Å². The van der Waals surface area contributed by atoms with Crippen LogP contribution in [0.25, 0.3) is 0 Å². The molecule has 2 aliphatic rings. The highest BCUT2D eigenvalue weighted by Gasteiger charge is 2.42. The normalized spacial score (nSPS) is 24.9. The van der Waals surface area contributed by atoms with Gasteiger partial charge in [0, 0.05) is 19.2 Å². The number of hydrogen-bond donors (Lipinski definition) is 1. The molecule has 2 fully saturated rings. The predicted octanol–water partition coefficient (Wildman–Crippen LogP) is 2.36. The van der Waals surface area contributed by atoms with Crippen LogP contribution in [0.4, 0.5) is 4.39 Å². The summed E-state index contributed by atoms with van der Waals surface area (Å²) in [6.07, 6.45) is 3.07. The zero-order valence-electron chi connectivity index (χ0n) is 13.8. The monoisotopic (exact) mass is 345 g/mol. The molecule has 1 amide bonds. The Bertz CT molecular complexity index is 774. The number of nitrogens with one attached hydrogen (secondary N) is 1. The van der Waals surface area contributed by atoms with Crippen LogP contribution in [-0.2, 0) is 6.61 Å². The Hall–Kier alpha value is -2.41. The molecule has 1 N–H and O–H groups in total. The highest BCUT2D eigenvalue weighted by molar-refractivity contribution is 5.92. The molecule has 132 valence electrons. The highest BCUT2D eigenvalue weighted by Crippen LogP contribution is 2.31. The fourth-order valence-corrected chi connectivity index (χ4v) is 3.66. The number of carbonyl (C=O) groups is 1. The third kappa shape index (κ3) is 3.37. The number of ether oxygens (including phenoxy) is 1. The van der Waals surface area contributed by atoms with Crippen LogP contribution >= 0.6 is 0 Å². The Kier molecular flexibility index (Phi) is 4.17. The SMILES string of the molecule is O=C(NC12CCCN(CC1)C2)c1cc(COc2ccccc2F)on1. The van der Waals surface area contributed by atoms with Crippen molar-refractivity contribution < 1.29 is 18.4 Å². The minimum atomic E-state index is -0.442. The Balaban J connectivity index is 1.37. The predicted molar refractivity (Wildman–Crippen MR) is 87.7 cm³/mol. The zero-order chi connectivity index (χ0) is 17.3. The highest BCUT2D eigenvalue weighted by atomic mass is 19.1. The van der Waals surface area contributed by atoms with Crippen LogP contribution in [0.1, 0.15) is 35.5 Å². The number of halogens is 1. The summed E-state index contributed by atoms with van der Waals surface area (Å²) in [5.74, 6) is -0.161. The lowest BCUT2D eigenvalue weighted by Gasteiger charge is -2.34. The van der Waals surface area contributed by atoms with E-state index < -0.39 is 5.82 Å². The number of amides is 1. The molecule has 1 aromatic carbocycles. The van der Waals surface area contributed by atoms with Crippen molar-refractivity contribution in [1.29, 1.82) is 0 Å². The van der Waals surface area contributed by atoms with Crippen molar-refractivity contribution in [3.05, 3.63) is 47.6 Å². The van der Waals surface area contributed by atoms with E-state index in [1.807, 2.05) is 0 Å². The quantitative estimate of drug-likeness (QED) is 0.901. The van der Waals surface area contributed by atoms with E-state index in [9.17, 15) is 9.18 Å². The molecule has 1 aromatic heterocycles. The van der Waals surface area contributed by atoms with Gasteiger partial charge in [0.1, 0.15) is 6.61 Å². The lowest BCUT2D eigenvalue weighted by atomic mass is 9.90. The van der Waals surface area contributed by atoms with Crippen molar-refractivity contribution in [1.82, 2.24) is 15.4 Å². The van der Waals surface area contributed by atoms with E-state index in [0.29, 0.717) is 5.76 Å². The number of carbonyl (C=O) groups excluding carboxylic acids is 1. The van der Waals surface area contributed by atoms with E-state index in [4.69, 9.17) is 9.26 Å². The first-order valence-corrected chi connectivity index (χ1v) is 8.51. The first-order chi connectivity index (χ1) is 12.1. The van der Waals surface area contributed by atoms with Crippen molar-refractivity contribution in [3.8, 4) is 5.75 Å². The molecule has 0 saturated carbocycles. The molecule has 25 heavy (non-hydrogen) atoms. The fourth-order valence-electron chi connectivity index (χ4n) is 3.66. The van der Waals surface area contributed by atoms with Gasteiger partial charge in [-0.2, -0.15) is 0 Å². The maximum Gasteiger partial charge on any atom is 0.273 e. The van der Waals surface area contributed by atoms with Crippen molar-refractivity contribution in [2.24, 2.45) is 0 Å². The van der Waals surface area contributed by atoms with E-state index in [2.05, 4.69) is 15.4 Å². The molecular weight excluding hydrogens is 325 g/mol. The summed E-state index contributed by atoms with van der Waals surface area (Å²) < 4.78 is 24.0. The number of nitrogens with zero attached hydrogens (tertiary/aromatic N) is 2. The minimum absolute atomic E-state index is 0.0140. The summed E-state index contributed by atoms with van der Waals surface area (Å²) >= 11 is 0. The average Bonchev–Trinajstić information content (AvgIpc) is 3.19. The van der Waals surface area contributed by atoms with E-state index in [1.54, 1.807) is 18.2 Å². The number of fused-ring (bicyclic) bond motifs is 2. The zero-order valence-corrected chi connectivity index (χ0v) is 13.8. The molecule has 2 aromatic rings. The third-order valence-electron chi connectivity index (χ3n) is 4.94. The van der Waals surface area contributed by atoms with Crippen molar-refractivity contribution >= 4 is 5.91 Å². The van der Waals surface area contributed by atoms with E-state index in [1.165, 1.54) is 12.1 Å². The summed E-state index contributed by atoms with van der Waals surface area (Å²) in [6.45, 7) is 3.06. The van der Waals surface area contributed by atoms with Gasteiger partial charge in [0.05, 0.1) is 5.54 Å². The second kappa shape index (κ2) is 6.48. The van der Waals surface area contributed by atoms with Crippen LogP contribution in [0, 0.1) is 5.82 Å². The molecule has 3 heterocycles. The molecule has 6 nitrogen and oxygen atoms in total. The smallest absolute Gasteiger partial charge is 0.273 e. The second-order valence-corrected chi connectivity index (χ2v) is 6.76. The molecule has 4 rings (SSSR count). The minimum Gasteiger partial charge on any atom is -0.482 e. The maximum absolute atomic E-state index is 13.5. The van der Waals surface area contributed by atoms with Crippen LogP contribution in [0.3, 0.4) is 0 Å². The van der Waals surface area contributed by atoms with Gasteiger partial charge in [-0.3, -0.25) is 4.79 Å². The van der Waals surface area contributed by atoms with Gasteiger partial charge in [-0.15, -0.1) is 0 Å². The molecular formula is C18H20FN3O3. The Morgan fingerprint density at radius 3 is 3.12 bits per heavy atom. The maximum atomic E-state index is 13.5. The Morgan fingerprint density at radius 1 is 1.36 bits per heavy atom. The van der Waals surface area contributed by atoms with Crippen molar-refractivity contribution in [3.63, 3.8) is 0 Å². The first-order valence-electron chi connectivity index (χ1n) is 8.51. The molecule has 2 bridgehead atoms. The molecule has 2 atom stereocenters. The van der Waals surface area contributed by atoms with Crippen LogP contribution in [0.2, 0.25) is 0 Å². The van der Waals surface area contributed by atoms with Gasteiger partial charge in [0.15, 0.2) is 23.0 Å². The van der Waals surface area contributed by atoms with Gasteiger partial charge in [-0.1, -0.05) is 17.3 Å². The number of aromatic nitrogens is 1. The molecule has 0 aliphatic carbocycles. The summed E-state index contributed by atoms with van der Waals surface area (Å²) in [5, 5.41) is 6.95. The van der Waals surface area contributed by atoms with Crippen LogP contribution in [0.5, 0.6) is 5.75 Å². The molecule has 2 aliphatic heterocycles. The van der Waals surface area contributed by atoms with Gasteiger partial charge < -0.3 is 19.5 Å². The first kappa shape index (κ1) is 16.1. The number of rotatable bonds is 5. The third-order valence-corrected chi connectivity index (χ3v) is 4.94. The lowest BCUT2D eigenvalue weighted by molar-refractivity contribution is 0.0868. The second-order valence-electron chi connectivity index (χ2n) is 6.76. The van der Waals surface area contributed by atoms with Crippen LogP contribution in [0.15, 0.2) is 34.9 Å². The topological polar surface area (TPSA) is 67.6 Å². The molecule has 2 unspecified atom stereocenters. The summed E-state index contributed by atoms with van der Waals surface area (Å²) in [7, 11) is 0. The van der Waals surface area contributed by atoms with Crippen molar-refractivity contribution in [2.45, 2.75) is 31.4 Å². The molecule has 0 spiro atoms. The van der Waals surface area contributed by atoms with Gasteiger partial charge in [0.2, 0.25) is 0 Å². The summed E-state index contributed by atoms with van der Waals surface area (Å²) in [4.78, 5) is 14.9. The molecule has 0 radical (unpaired) electrons. The number of benzene rings is 1. The standard InChI is InChI=1S/C18H20FN3O3/c19-14-4-1-2-5-16(14)24-11-13-10-15(21-25-13)17(23)20-18-6-3-8-22(12-18)9-7-18/h1-2,4-5,10H,3,6-9,11-12H2,(H,20,23).